The Hall–Kier alpha value is -1.63. The first kappa shape index (κ1) is 18.7. The second kappa shape index (κ2) is 9.01. The molecule has 0 aromatic carbocycles. The smallest absolute Gasteiger partial charge is 0.191 e. The van der Waals surface area contributed by atoms with Gasteiger partial charge in [0.05, 0.1) is 12.1 Å². The number of aromatic nitrogens is 3. The third-order valence-electron chi connectivity index (χ3n) is 4.34. The van der Waals surface area contributed by atoms with Gasteiger partial charge < -0.3 is 19.9 Å². The maximum absolute atomic E-state index is 5.42. The summed E-state index contributed by atoms with van der Waals surface area (Å²) in [5.74, 6) is 3.04. The number of aliphatic imine (C=N–C) groups is 1. The lowest BCUT2D eigenvalue weighted by Gasteiger charge is -2.21. The molecule has 2 rings (SSSR count). The number of nitrogens with zero attached hydrogens (tertiary/aromatic N) is 4. The van der Waals surface area contributed by atoms with Crippen LogP contribution in [0.25, 0.3) is 0 Å². The molecule has 0 fully saturated rings. The van der Waals surface area contributed by atoms with E-state index in [0.717, 1.165) is 50.1 Å². The lowest BCUT2D eigenvalue weighted by Crippen LogP contribution is -2.40. The monoisotopic (exact) mass is 336 g/mol. The van der Waals surface area contributed by atoms with Gasteiger partial charge in [0.25, 0.3) is 0 Å². The van der Waals surface area contributed by atoms with Crippen LogP contribution in [-0.2, 0) is 24.1 Å². The fourth-order valence-corrected chi connectivity index (χ4v) is 2.70. The minimum Gasteiger partial charge on any atom is -0.377 e. The van der Waals surface area contributed by atoms with E-state index < -0.39 is 0 Å². The molecular weight excluding hydrogens is 304 g/mol. The first-order valence-electron chi connectivity index (χ1n) is 9.04. The van der Waals surface area contributed by atoms with Gasteiger partial charge in [-0.1, -0.05) is 6.42 Å². The minimum atomic E-state index is -0.257. The number of hydrogen-bond acceptors (Lipinski definition) is 4. The second-order valence-electron chi connectivity index (χ2n) is 6.83. The van der Waals surface area contributed by atoms with Gasteiger partial charge in [0.1, 0.15) is 11.6 Å². The largest absolute Gasteiger partial charge is 0.377 e. The average Bonchev–Trinajstić information content (AvgIpc) is 2.80. The zero-order chi connectivity index (χ0) is 17.4. The van der Waals surface area contributed by atoms with Crippen molar-refractivity contribution in [2.45, 2.75) is 65.0 Å². The summed E-state index contributed by atoms with van der Waals surface area (Å²) in [5.41, 5.74) is -0.257. The van der Waals surface area contributed by atoms with E-state index in [1.54, 1.807) is 7.11 Å². The van der Waals surface area contributed by atoms with E-state index in [0.29, 0.717) is 6.54 Å². The Labute approximate surface area is 145 Å². The van der Waals surface area contributed by atoms with Crippen molar-refractivity contribution in [1.82, 2.24) is 25.4 Å². The first-order chi connectivity index (χ1) is 11.6. The van der Waals surface area contributed by atoms with Crippen molar-refractivity contribution in [2.75, 3.05) is 26.7 Å². The van der Waals surface area contributed by atoms with Gasteiger partial charge in [0.2, 0.25) is 0 Å². The van der Waals surface area contributed by atoms with Gasteiger partial charge in [-0.15, -0.1) is 10.2 Å². The topological polar surface area (TPSA) is 76.4 Å². The molecule has 0 saturated carbocycles. The Balaban J connectivity index is 1.89. The summed E-state index contributed by atoms with van der Waals surface area (Å²) in [7, 11) is 1.72. The molecule has 0 unspecified atom stereocenters. The van der Waals surface area contributed by atoms with Crippen LogP contribution in [0.2, 0.25) is 0 Å². The highest BCUT2D eigenvalue weighted by Gasteiger charge is 2.16. The number of aryl methyl sites for hydroxylation is 1. The van der Waals surface area contributed by atoms with Crippen LogP contribution >= 0.6 is 0 Å². The lowest BCUT2D eigenvalue weighted by atomic mass is 10.1. The van der Waals surface area contributed by atoms with Crippen molar-refractivity contribution >= 4 is 5.96 Å². The number of hydrogen-bond donors (Lipinski definition) is 2. The van der Waals surface area contributed by atoms with Gasteiger partial charge >= 0.3 is 0 Å². The molecule has 1 aromatic heterocycles. The molecule has 136 valence electrons. The average molecular weight is 336 g/mol. The zero-order valence-electron chi connectivity index (χ0n) is 15.6. The summed E-state index contributed by atoms with van der Waals surface area (Å²) >= 11 is 0. The lowest BCUT2D eigenvalue weighted by molar-refractivity contribution is 0.0310. The fraction of sp³-hybridized carbons (Fsp3) is 0.824. The Morgan fingerprint density at radius 1 is 1.25 bits per heavy atom. The van der Waals surface area contributed by atoms with Crippen molar-refractivity contribution in [2.24, 2.45) is 4.99 Å². The van der Waals surface area contributed by atoms with Crippen molar-refractivity contribution in [3.8, 4) is 0 Å². The van der Waals surface area contributed by atoms with Crippen molar-refractivity contribution in [3.05, 3.63) is 11.6 Å². The molecule has 0 saturated heterocycles. The third kappa shape index (κ3) is 5.47. The number of ether oxygens (including phenoxy) is 1. The molecule has 0 atom stereocenters. The van der Waals surface area contributed by atoms with Crippen LogP contribution in [0.4, 0.5) is 0 Å². The predicted octanol–water partition coefficient (Wildman–Crippen LogP) is 1.53. The third-order valence-corrected chi connectivity index (χ3v) is 4.34. The molecule has 0 radical (unpaired) electrons. The Morgan fingerprint density at radius 3 is 2.83 bits per heavy atom. The van der Waals surface area contributed by atoms with E-state index in [-0.39, 0.29) is 5.60 Å². The van der Waals surface area contributed by atoms with Crippen LogP contribution < -0.4 is 10.6 Å². The molecule has 1 aliphatic heterocycles. The molecule has 7 nitrogen and oxygen atoms in total. The molecule has 0 amide bonds. The molecule has 1 aliphatic rings. The van der Waals surface area contributed by atoms with E-state index in [2.05, 4.69) is 37.3 Å². The van der Waals surface area contributed by atoms with Gasteiger partial charge in [-0.3, -0.25) is 4.99 Å². The number of guanidine groups is 1. The Bertz CT molecular complexity index is 537. The van der Waals surface area contributed by atoms with Gasteiger partial charge in [-0.2, -0.15) is 0 Å². The predicted molar refractivity (Wildman–Crippen MR) is 96.4 cm³/mol. The van der Waals surface area contributed by atoms with Crippen molar-refractivity contribution < 1.29 is 4.74 Å². The van der Waals surface area contributed by atoms with E-state index in [1.807, 2.05) is 13.8 Å². The van der Waals surface area contributed by atoms with Crippen LogP contribution in [0.15, 0.2) is 4.99 Å². The summed E-state index contributed by atoms with van der Waals surface area (Å²) in [4.78, 5) is 4.60. The summed E-state index contributed by atoms with van der Waals surface area (Å²) < 4.78 is 7.72. The van der Waals surface area contributed by atoms with E-state index in [1.165, 1.54) is 19.3 Å². The maximum Gasteiger partial charge on any atom is 0.191 e. The molecule has 2 N–H and O–H groups in total. The van der Waals surface area contributed by atoms with Crippen molar-refractivity contribution in [1.29, 1.82) is 0 Å². The van der Waals surface area contributed by atoms with Gasteiger partial charge in [-0.05, 0) is 33.6 Å². The van der Waals surface area contributed by atoms with Crippen LogP contribution in [0, 0.1) is 0 Å². The molecule has 7 heteroatoms. The SMILES string of the molecule is CCNC(=NCC(C)(C)OC)NCCc1nnc2n1CCCCC2. The summed E-state index contributed by atoms with van der Waals surface area (Å²) in [6, 6.07) is 0. The number of nitrogens with one attached hydrogen (secondary N) is 2. The standard InChI is InChI=1S/C17H32N6O/c1-5-18-16(20-13-17(2,3)24-4)19-11-10-15-22-21-14-9-7-6-8-12-23(14)15/h5-13H2,1-4H3,(H2,18,19,20). The molecular formula is C17H32N6O. The van der Waals surface area contributed by atoms with Crippen LogP contribution in [-0.4, -0.2) is 53.1 Å². The Morgan fingerprint density at radius 2 is 2.08 bits per heavy atom. The molecule has 0 spiro atoms. The fourth-order valence-electron chi connectivity index (χ4n) is 2.70. The second-order valence-corrected chi connectivity index (χ2v) is 6.83. The molecule has 1 aromatic rings. The van der Waals surface area contributed by atoms with Gasteiger partial charge in [-0.25, -0.2) is 0 Å². The van der Waals surface area contributed by atoms with Crippen molar-refractivity contribution in [3.63, 3.8) is 0 Å². The van der Waals surface area contributed by atoms with Gasteiger partial charge in [0, 0.05) is 39.6 Å². The van der Waals surface area contributed by atoms with Crippen LogP contribution in [0.5, 0.6) is 0 Å². The van der Waals surface area contributed by atoms with Gasteiger partial charge in [0.15, 0.2) is 5.96 Å². The number of fused-ring (bicyclic) bond motifs is 1. The van der Waals surface area contributed by atoms with E-state index >= 15 is 0 Å². The molecule has 0 bridgehead atoms. The normalized spacial score (nSPS) is 15.8. The highest BCUT2D eigenvalue weighted by Crippen LogP contribution is 2.14. The quantitative estimate of drug-likeness (QED) is 0.583. The minimum absolute atomic E-state index is 0.257. The van der Waals surface area contributed by atoms with E-state index in [4.69, 9.17) is 4.74 Å². The first-order valence-corrected chi connectivity index (χ1v) is 9.04. The number of rotatable bonds is 7. The summed E-state index contributed by atoms with van der Waals surface area (Å²) in [5, 5.41) is 15.4. The highest BCUT2D eigenvalue weighted by atomic mass is 16.5. The highest BCUT2D eigenvalue weighted by molar-refractivity contribution is 5.79. The summed E-state index contributed by atoms with van der Waals surface area (Å²) in [6.07, 6.45) is 5.64. The molecule has 24 heavy (non-hydrogen) atoms. The number of methoxy groups -OCH3 is 1. The summed E-state index contributed by atoms with van der Waals surface area (Å²) in [6.45, 7) is 9.41. The maximum atomic E-state index is 5.42. The van der Waals surface area contributed by atoms with Crippen LogP contribution in [0.1, 0.15) is 51.7 Å². The van der Waals surface area contributed by atoms with Crippen LogP contribution in [0.3, 0.4) is 0 Å². The zero-order valence-corrected chi connectivity index (χ0v) is 15.6. The van der Waals surface area contributed by atoms with E-state index in [9.17, 15) is 0 Å². The Kier molecular flexibility index (Phi) is 7.02. The molecule has 2 heterocycles. The molecule has 0 aliphatic carbocycles.